The van der Waals surface area contributed by atoms with Crippen molar-refractivity contribution < 1.29 is 81.9 Å². The van der Waals surface area contributed by atoms with E-state index >= 15 is 4.79 Å². The molecule has 2 aromatic rings. The number of hydrogen-bond donors (Lipinski definition) is 6. The minimum Gasteiger partial charge on any atom is -0.497 e. The number of nitrogens with zero attached hydrogens (tertiary/aromatic N) is 2. The lowest BCUT2D eigenvalue weighted by molar-refractivity contribution is -0.317. The summed E-state index contributed by atoms with van der Waals surface area (Å²) in [5.41, 5.74) is -3.38. The molecule has 0 aromatic heterocycles. The molecule has 3 aliphatic rings. The lowest BCUT2D eigenvalue weighted by Crippen LogP contribution is -2.61. The van der Waals surface area contributed by atoms with E-state index in [2.05, 4.69) is 16.0 Å². The van der Waals surface area contributed by atoms with Crippen LogP contribution in [0.15, 0.2) is 48.5 Å². The Morgan fingerprint density at radius 1 is 0.771 bits per heavy atom. The highest BCUT2D eigenvalue weighted by Crippen LogP contribution is 2.41. The molecule has 0 aliphatic carbocycles. The molecule has 0 saturated carbocycles. The van der Waals surface area contributed by atoms with Crippen LogP contribution in [0.2, 0.25) is 0 Å². The van der Waals surface area contributed by atoms with Gasteiger partial charge in [0.25, 0.3) is 5.91 Å². The van der Waals surface area contributed by atoms with Crippen LogP contribution in [-0.4, -0.2) is 208 Å². The van der Waals surface area contributed by atoms with Crippen molar-refractivity contribution >= 4 is 24.1 Å². The second kappa shape index (κ2) is 31.0. The van der Waals surface area contributed by atoms with E-state index in [1.54, 1.807) is 80.0 Å². The Balaban J connectivity index is 1.41. The van der Waals surface area contributed by atoms with Crippen molar-refractivity contribution in [1.82, 2.24) is 25.8 Å². The van der Waals surface area contributed by atoms with E-state index in [9.17, 15) is 29.7 Å². The van der Waals surface area contributed by atoms with E-state index in [-0.39, 0.29) is 56.3 Å². The number of aliphatic hydroxyl groups is 3. The van der Waals surface area contributed by atoms with E-state index in [4.69, 9.17) is 47.4 Å². The number of nitrogens with one attached hydrogen (secondary N) is 3. The number of amides is 3. The fourth-order valence-corrected chi connectivity index (χ4v) is 12.0. The molecule has 0 unspecified atom stereocenters. The Bertz CT molecular complexity index is 2350. The number of unbranched alkanes of at least 4 members (excludes halogenated alkanes) is 1. The van der Waals surface area contributed by atoms with Crippen molar-refractivity contribution in [3.63, 3.8) is 0 Å². The molecule has 18 atom stereocenters. The van der Waals surface area contributed by atoms with E-state index in [1.807, 2.05) is 76.0 Å². The summed E-state index contributed by atoms with van der Waals surface area (Å²) in [6, 6.07) is 13.3. The van der Waals surface area contributed by atoms with Gasteiger partial charge < -0.3 is 83.5 Å². The third kappa shape index (κ3) is 18.6. The van der Waals surface area contributed by atoms with E-state index < -0.39 is 108 Å². The van der Waals surface area contributed by atoms with Crippen molar-refractivity contribution in [2.75, 3.05) is 68.7 Å². The van der Waals surface area contributed by atoms with Crippen LogP contribution in [0.5, 0.6) is 11.5 Å². The van der Waals surface area contributed by atoms with Gasteiger partial charge in [0.15, 0.2) is 24.8 Å². The molecule has 6 N–H and O–H groups in total. The number of aliphatic hydroxyl groups excluding tert-OH is 1. The highest BCUT2D eigenvalue weighted by atomic mass is 16.7. The highest BCUT2D eigenvalue weighted by Gasteiger charge is 2.54. The Morgan fingerprint density at radius 3 is 1.93 bits per heavy atom. The minimum absolute atomic E-state index is 0.00773. The van der Waals surface area contributed by atoms with Gasteiger partial charge in [-0.25, -0.2) is 9.59 Å². The third-order valence-corrected chi connectivity index (χ3v) is 16.9. The summed E-state index contributed by atoms with van der Waals surface area (Å²) in [4.78, 5) is 58.6. The topological polar surface area (TPSA) is 264 Å². The molecule has 0 radical (unpaired) electrons. The summed E-state index contributed by atoms with van der Waals surface area (Å²) in [6.45, 7) is 18.8. The van der Waals surface area contributed by atoms with Crippen LogP contribution >= 0.6 is 0 Å². The molecule has 5 rings (SSSR count). The van der Waals surface area contributed by atoms with Crippen LogP contribution in [0.4, 0.5) is 9.59 Å². The molecule has 0 spiro atoms. The fraction of sp³-hybridized carbons (Fsp3) is 0.738. The number of carbonyl (C=O) groups excluding carboxylic acids is 4. The van der Waals surface area contributed by atoms with Crippen LogP contribution in [0.1, 0.15) is 124 Å². The number of likely N-dealkylation sites (N-methyl/N-ethyl adjacent to an activating group) is 2. The van der Waals surface area contributed by atoms with E-state index in [0.29, 0.717) is 55.8 Å². The van der Waals surface area contributed by atoms with E-state index in [0.717, 1.165) is 5.56 Å². The van der Waals surface area contributed by atoms with Crippen LogP contribution in [0, 0.1) is 17.8 Å². The van der Waals surface area contributed by atoms with Crippen LogP contribution in [0.25, 0.3) is 0 Å². The molecule has 0 bridgehead atoms. The molecule has 22 heteroatoms. The van der Waals surface area contributed by atoms with Crippen molar-refractivity contribution in [1.29, 1.82) is 0 Å². The SMILES string of the molecule is CC[C@H]1OC(=O)[C@H](C)[C@@H](O[C@H]2C[C@@](C)(OC)[C@@H](OC(=O)NCCCCNC(=O)c3ccc(OC)cc3)[C@H](C)O2)[C@H](C)[C@@H](O[C@@H]2O[C@H](C)C[C@H](N(C)C)[C@H]2O)[C@](C)(O)C[C@@H](C)CN(C)[C@H](C)[C@@H](OC(=O)NCCc2ccc(OC)cc2)[C@]1(C)O. The summed E-state index contributed by atoms with van der Waals surface area (Å²) in [5, 5.41) is 46.1. The number of alkyl carbamates (subject to hydrolysis) is 2. The number of ether oxygens (including phenoxy) is 10. The first-order chi connectivity index (χ1) is 39.1. The average molecular weight is 1170 g/mol. The summed E-state index contributed by atoms with van der Waals surface area (Å²) in [5.74, 6) is -1.95. The molecule has 83 heavy (non-hydrogen) atoms. The Hall–Kier alpha value is -4.88. The Kier molecular flexibility index (Phi) is 25.7. The largest absolute Gasteiger partial charge is 0.497 e. The molecule has 3 saturated heterocycles. The molecule has 3 aliphatic heterocycles. The maximum absolute atomic E-state index is 15.0. The zero-order valence-corrected chi connectivity index (χ0v) is 52.0. The van der Waals surface area contributed by atoms with Crippen molar-refractivity contribution in [2.24, 2.45) is 17.8 Å². The summed E-state index contributed by atoms with van der Waals surface area (Å²) >= 11 is 0. The quantitative estimate of drug-likeness (QED) is 0.0517. The second-order valence-corrected chi connectivity index (χ2v) is 24.1. The predicted molar refractivity (Wildman–Crippen MR) is 310 cm³/mol. The summed E-state index contributed by atoms with van der Waals surface area (Å²) < 4.78 is 61.8. The van der Waals surface area contributed by atoms with Gasteiger partial charge in [-0.15, -0.1) is 0 Å². The Morgan fingerprint density at radius 2 is 1.35 bits per heavy atom. The summed E-state index contributed by atoms with van der Waals surface area (Å²) in [7, 11) is 10.2. The Labute approximate surface area is 492 Å². The van der Waals surface area contributed by atoms with Gasteiger partial charge >= 0.3 is 18.2 Å². The van der Waals surface area contributed by atoms with Gasteiger partial charge in [0.2, 0.25) is 0 Å². The van der Waals surface area contributed by atoms with E-state index in [1.165, 1.54) is 14.0 Å². The average Bonchev–Trinajstić information content (AvgIpc) is 3.41. The number of esters is 1. The first-order valence-corrected chi connectivity index (χ1v) is 29.4. The maximum Gasteiger partial charge on any atom is 0.407 e. The molecule has 22 nitrogen and oxygen atoms in total. The van der Waals surface area contributed by atoms with Crippen molar-refractivity contribution in [3.05, 3.63) is 59.7 Å². The molecule has 2 aromatic carbocycles. The van der Waals surface area contributed by atoms with Crippen molar-refractivity contribution in [2.45, 2.75) is 204 Å². The summed E-state index contributed by atoms with van der Waals surface area (Å²) in [6.07, 6.45) is -9.38. The number of methoxy groups -OCH3 is 3. The lowest BCUT2D eigenvalue weighted by atomic mass is 9.77. The predicted octanol–water partition coefficient (Wildman–Crippen LogP) is 5.84. The smallest absolute Gasteiger partial charge is 0.407 e. The zero-order valence-electron chi connectivity index (χ0n) is 52.0. The number of rotatable bonds is 20. The highest BCUT2D eigenvalue weighted by molar-refractivity contribution is 5.94. The first-order valence-electron chi connectivity index (χ1n) is 29.4. The number of benzene rings is 2. The standard InChI is InChI=1S/C61H99N5O17/c1-17-47-61(10,73)52(82-58(71)64-31-28-42-20-24-44(74-14)25-21-42)40(6)66(13)35-36(2)33-59(8,72)51(81-56-49(67)46(65(11)12)32-37(3)77-56)38(4)50(39(5)55(69)79-47)80-48-34-60(9,76-16)53(41(7)78-48)83-57(70)63-30-19-18-29-62-54(68)43-22-26-45(75-15)27-23-43/h20-27,36-41,46-53,56,67,72-73H,17-19,28-35H2,1-16H3,(H,62,68)(H,63,70)(H,64,71)/t36-,37-,38+,39-,40-,41+,46+,47-,48+,49-,50+,51-,52-,53+,56+,59-,60-,61-/m1/s1. The number of hydrogen-bond acceptors (Lipinski definition) is 19. The minimum atomic E-state index is -1.96. The number of cyclic esters (lactones) is 1. The first kappa shape index (κ1) is 68.9. The fourth-order valence-electron chi connectivity index (χ4n) is 12.0. The van der Waals surface area contributed by atoms with Gasteiger partial charge in [-0.2, -0.15) is 0 Å². The van der Waals surface area contributed by atoms with Gasteiger partial charge in [0.1, 0.15) is 34.9 Å². The number of carbonyl (C=O) groups is 4. The monoisotopic (exact) mass is 1170 g/mol. The molecular weight excluding hydrogens is 1070 g/mol. The molecular formula is C61H99N5O17. The molecule has 3 fully saturated rings. The molecule has 470 valence electrons. The van der Waals surface area contributed by atoms with Gasteiger partial charge in [0, 0.05) is 63.3 Å². The maximum atomic E-state index is 15.0. The normalized spacial score (nSPS) is 35.0. The van der Waals surface area contributed by atoms with Crippen molar-refractivity contribution in [3.8, 4) is 11.5 Å². The lowest BCUT2D eigenvalue weighted by Gasteiger charge is -2.49. The van der Waals surface area contributed by atoms with Gasteiger partial charge in [0.05, 0.1) is 50.2 Å². The zero-order chi connectivity index (χ0) is 61.6. The second-order valence-electron chi connectivity index (χ2n) is 24.1. The van der Waals surface area contributed by atoms with Crippen LogP contribution in [0.3, 0.4) is 0 Å². The van der Waals surface area contributed by atoms with Crippen LogP contribution < -0.4 is 25.4 Å². The molecule has 3 amide bonds. The third-order valence-electron chi connectivity index (χ3n) is 16.9. The van der Waals surface area contributed by atoms with Gasteiger partial charge in [-0.05, 0) is 156 Å². The van der Waals surface area contributed by atoms with Gasteiger partial charge in [-0.1, -0.05) is 32.9 Å². The van der Waals surface area contributed by atoms with Crippen LogP contribution in [-0.2, 0) is 49.1 Å². The molecule has 3 heterocycles. The van der Waals surface area contributed by atoms with Gasteiger partial charge in [-0.3, -0.25) is 14.5 Å².